The fourth-order valence-corrected chi connectivity index (χ4v) is 2.95. The molecule has 0 radical (unpaired) electrons. The average molecular weight is 366 g/mol. The van der Waals surface area contributed by atoms with Gasteiger partial charge in [-0.1, -0.05) is 35.9 Å². The van der Waals surface area contributed by atoms with Crippen LogP contribution < -0.4 is 15.3 Å². The zero-order valence-corrected chi connectivity index (χ0v) is 16.0. The maximum atomic E-state index is 6.04. The first-order valence-electron chi connectivity index (χ1n) is 8.36. The van der Waals surface area contributed by atoms with Crippen molar-refractivity contribution in [1.29, 1.82) is 0 Å². The Morgan fingerprint density at radius 1 is 0.923 bits per heavy atom. The van der Waals surface area contributed by atoms with Crippen LogP contribution in [0.1, 0.15) is 19.5 Å². The number of nitrogens with zero attached hydrogens (tertiary/aromatic N) is 3. The minimum Gasteiger partial charge on any atom is -0.495 e. The zero-order valence-electron chi connectivity index (χ0n) is 15.2. The van der Waals surface area contributed by atoms with E-state index in [1.807, 2.05) is 69.3 Å². The summed E-state index contributed by atoms with van der Waals surface area (Å²) in [4.78, 5) is 14.1. The second kappa shape index (κ2) is 7.67. The quantitative estimate of drug-likeness (QED) is 0.708. The van der Waals surface area contributed by atoms with Crippen molar-refractivity contribution in [3.63, 3.8) is 0 Å². The summed E-state index contributed by atoms with van der Waals surface area (Å²) in [6.45, 7) is 5.86. The molecule has 0 spiro atoms. The van der Waals surface area contributed by atoms with Gasteiger partial charge in [0, 0.05) is 15.8 Å². The van der Waals surface area contributed by atoms with Gasteiger partial charge in [-0.15, -0.1) is 0 Å². The highest BCUT2D eigenvalue weighted by Crippen LogP contribution is 2.22. The lowest BCUT2D eigenvalue weighted by molar-refractivity contribution is 0.409. The van der Waals surface area contributed by atoms with Gasteiger partial charge in [-0.3, -0.25) is 0 Å². The maximum absolute atomic E-state index is 6.04. The number of hydrogen-bond acceptors (Lipinski definition) is 4. The lowest BCUT2D eigenvalue weighted by Gasteiger charge is -2.09. The fraction of sp³-hybridized carbons (Fsp3) is 0.190. The Morgan fingerprint density at radius 3 is 2.23 bits per heavy atom. The lowest BCUT2D eigenvalue weighted by Crippen LogP contribution is -2.31. The first-order chi connectivity index (χ1) is 12.6. The molecule has 0 saturated heterocycles. The van der Waals surface area contributed by atoms with Crippen LogP contribution >= 0.6 is 11.6 Å². The largest absolute Gasteiger partial charge is 0.495 e. The predicted molar refractivity (Wildman–Crippen MR) is 107 cm³/mol. The molecule has 4 nitrogen and oxygen atoms in total. The van der Waals surface area contributed by atoms with Gasteiger partial charge in [0.15, 0.2) is 5.82 Å². The highest BCUT2D eigenvalue weighted by atomic mass is 35.5. The number of hydrogen-bond donors (Lipinski definition) is 0. The van der Waals surface area contributed by atoms with Gasteiger partial charge in [0.1, 0.15) is 11.4 Å². The molecule has 0 aliphatic carbocycles. The van der Waals surface area contributed by atoms with Crippen molar-refractivity contribution in [2.75, 3.05) is 7.11 Å². The number of aryl methyl sites for hydroxylation is 1. The standard InChI is InChI=1S/C21H20ClN3O/c1-5-16-17(6-2)24-21(18-11-12-19(26-4)13(3)23-18)25-20(16)14-7-9-15(22)10-8-14/h5-12H,1-4H3/b16-5+,17-6+. The third kappa shape index (κ3) is 3.46. The Morgan fingerprint density at radius 2 is 1.65 bits per heavy atom. The third-order valence-corrected chi connectivity index (χ3v) is 4.39. The van der Waals surface area contributed by atoms with Crippen LogP contribution in [0.2, 0.25) is 5.02 Å². The van der Waals surface area contributed by atoms with Gasteiger partial charge in [0.2, 0.25) is 0 Å². The molecule has 5 heteroatoms. The van der Waals surface area contributed by atoms with Gasteiger partial charge in [-0.25, -0.2) is 15.0 Å². The molecule has 2 heterocycles. The summed E-state index contributed by atoms with van der Waals surface area (Å²) in [6.07, 6.45) is 4.01. The smallest absolute Gasteiger partial charge is 0.179 e. The number of rotatable bonds is 3. The van der Waals surface area contributed by atoms with Gasteiger partial charge in [0.25, 0.3) is 0 Å². The molecule has 0 amide bonds. The van der Waals surface area contributed by atoms with Crippen LogP contribution in [0.3, 0.4) is 0 Å². The highest BCUT2D eigenvalue weighted by Gasteiger charge is 2.11. The molecule has 0 unspecified atom stereocenters. The lowest BCUT2D eigenvalue weighted by atomic mass is 10.1. The molecule has 2 aromatic heterocycles. The molecule has 0 bridgehead atoms. The van der Waals surface area contributed by atoms with E-state index in [4.69, 9.17) is 26.3 Å². The molecule has 0 N–H and O–H groups in total. The molecular formula is C21H20ClN3O. The minimum absolute atomic E-state index is 0.583. The summed E-state index contributed by atoms with van der Waals surface area (Å²) >= 11 is 6.04. The number of ether oxygens (including phenoxy) is 1. The Balaban J connectivity index is 2.27. The Labute approximate surface area is 157 Å². The number of pyridine rings is 1. The molecule has 3 aromatic rings. The number of benzene rings is 1. The van der Waals surface area contributed by atoms with E-state index < -0.39 is 0 Å². The van der Waals surface area contributed by atoms with Gasteiger partial charge < -0.3 is 4.74 Å². The van der Waals surface area contributed by atoms with E-state index in [1.165, 1.54) is 0 Å². The van der Waals surface area contributed by atoms with Crippen LogP contribution in [0.25, 0.3) is 34.9 Å². The summed E-state index contributed by atoms with van der Waals surface area (Å²) in [6, 6.07) is 11.4. The van der Waals surface area contributed by atoms with Crippen LogP contribution in [0.5, 0.6) is 5.75 Å². The number of aromatic nitrogens is 3. The van der Waals surface area contributed by atoms with Crippen molar-refractivity contribution in [2.24, 2.45) is 0 Å². The first-order valence-corrected chi connectivity index (χ1v) is 8.74. The van der Waals surface area contributed by atoms with Crippen molar-refractivity contribution in [3.8, 4) is 28.5 Å². The van der Waals surface area contributed by atoms with Crippen molar-refractivity contribution in [3.05, 3.63) is 57.7 Å². The topological polar surface area (TPSA) is 47.9 Å². The van der Waals surface area contributed by atoms with Gasteiger partial charge >= 0.3 is 0 Å². The molecule has 0 aliphatic heterocycles. The molecular weight excluding hydrogens is 346 g/mol. The summed E-state index contributed by atoms with van der Waals surface area (Å²) in [5.41, 5.74) is 3.36. The molecule has 26 heavy (non-hydrogen) atoms. The Kier molecular flexibility index (Phi) is 5.33. The van der Waals surface area contributed by atoms with Crippen LogP contribution in [0, 0.1) is 6.92 Å². The fourth-order valence-electron chi connectivity index (χ4n) is 2.82. The van der Waals surface area contributed by atoms with Crippen LogP contribution in [0.4, 0.5) is 0 Å². The normalized spacial score (nSPS) is 12.5. The Bertz CT molecular complexity index is 1060. The van der Waals surface area contributed by atoms with Crippen LogP contribution in [0.15, 0.2) is 36.4 Å². The predicted octanol–water partition coefficient (Wildman–Crippen LogP) is 3.78. The van der Waals surface area contributed by atoms with E-state index in [0.29, 0.717) is 16.5 Å². The SMILES string of the molecule is C/C=c1/c(-c2ccc(Cl)cc2)nc(-c2ccc(OC)c(C)n2)n/c1=C/C. The van der Waals surface area contributed by atoms with Gasteiger partial charge in [0.05, 0.1) is 23.8 Å². The van der Waals surface area contributed by atoms with Crippen molar-refractivity contribution >= 4 is 23.8 Å². The van der Waals surface area contributed by atoms with Crippen LogP contribution in [-0.2, 0) is 0 Å². The molecule has 0 aliphatic rings. The molecule has 0 saturated carbocycles. The Hall–Kier alpha value is -2.72. The highest BCUT2D eigenvalue weighted by molar-refractivity contribution is 6.30. The van der Waals surface area contributed by atoms with Crippen molar-refractivity contribution in [1.82, 2.24) is 15.0 Å². The monoisotopic (exact) mass is 365 g/mol. The molecule has 0 fully saturated rings. The second-order valence-corrected chi connectivity index (χ2v) is 6.20. The summed E-state index contributed by atoms with van der Waals surface area (Å²) in [5.74, 6) is 1.33. The second-order valence-electron chi connectivity index (χ2n) is 5.76. The molecule has 3 rings (SSSR count). The number of halogens is 1. The van der Waals surface area contributed by atoms with E-state index in [2.05, 4.69) is 4.98 Å². The summed E-state index contributed by atoms with van der Waals surface area (Å²) in [5, 5.41) is 2.56. The van der Waals surface area contributed by atoms with Gasteiger partial charge in [-0.2, -0.15) is 0 Å². The third-order valence-electron chi connectivity index (χ3n) is 4.14. The van der Waals surface area contributed by atoms with E-state index in [-0.39, 0.29) is 0 Å². The van der Waals surface area contributed by atoms with E-state index in [9.17, 15) is 0 Å². The van der Waals surface area contributed by atoms with Crippen molar-refractivity contribution < 1.29 is 4.74 Å². The van der Waals surface area contributed by atoms with Crippen LogP contribution in [-0.4, -0.2) is 22.1 Å². The molecule has 0 atom stereocenters. The average Bonchev–Trinajstić information content (AvgIpc) is 2.67. The van der Waals surface area contributed by atoms with Crippen molar-refractivity contribution in [2.45, 2.75) is 20.8 Å². The summed E-state index contributed by atoms with van der Waals surface area (Å²) in [7, 11) is 1.63. The maximum Gasteiger partial charge on any atom is 0.179 e. The zero-order chi connectivity index (χ0) is 18.7. The molecule has 132 valence electrons. The first kappa shape index (κ1) is 18.1. The summed E-state index contributed by atoms with van der Waals surface area (Å²) < 4.78 is 5.29. The van der Waals surface area contributed by atoms with E-state index in [0.717, 1.165) is 33.3 Å². The van der Waals surface area contributed by atoms with Gasteiger partial charge in [-0.05, 0) is 45.0 Å². The van der Waals surface area contributed by atoms with E-state index in [1.54, 1.807) is 7.11 Å². The molecule has 1 aromatic carbocycles. The van der Waals surface area contributed by atoms with E-state index >= 15 is 0 Å². The minimum atomic E-state index is 0.583. The number of methoxy groups -OCH3 is 1.